The fraction of sp³-hybridized carbons (Fsp3) is 0.591. The average molecular weight is 421 g/mol. The monoisotopic (exact) mass is 420 g/mol. The summed E-state index contributed by atoms with van der Waals surface area (Å²) in [5.41, 5.74) is 0.479. The lowest BCUT2D eigenvalue weighted by Crippen LogP contribution is -2.53. The molecule has 8 heteroatoms. The largest absolute Gasteiger partial charge is 0.463 e. The molecule has 1 aromatic heterocycles. The van der Waals surface area contributed by atoms with Crippen molar-refractivity contribution in [2.45, 2.75) is 77.9 Å². The van der Waals surface area contributed by atoms with Crippen LogP contribution in [-0.4, -0.2) is 54.1 Å². The van der Waals surface area contributed by atoms with Crippen LogP contribution in [0.15, 0.2) is 33.2 Å². The Morgan fingerprint density at radius 2 is 2.07 bits per heavy atom. The predicted octanol–water partition coefficient (Wildman–Crippen LogP) is 2.53. The summed E-state index contributed by atoms with van der Waals surface area (Å²) in [7, 11) is 0. The fourth-order valence-electron chi connectivity index (χ4n) is 3.42. The van der Waals surface area contributed by atoms with Gasteiger partial charge < -0.3 is 24.3 Å². The van der Waals surface area contributed by atoms with Crippen molar-refractivity contribution in [1.29, 1.82) is 0 Å². The predicted molar refractivity (Wildman–Crippen MR) is 112 cm³/mol. The molecule has 0 aliphatic heterocycles. The number of nitrogens with zero attached hydrogens (tertiary/aromatic N) is 1. The quantitative estimate of drug-likeness (QED) is 0.445. The second-order valence-corrected chi connectivity index (χ2v) is 7.19. The Bertz CT molecular complexity index is 765. The van der Waals surface area contributed by atoms with E-state index in [1.165, 1.54) is 6.92 Å². The van der Waals surface area contributed by atoms with Gasteiger partial charge in [-0.15, -0.1) is 0 Å². The van der Waals surface area contributed by atoms with Gasteiger partial charge in [0.25, 0.3) is 0 Å². The maximum Gasteiger partial charge on any atom is 0.333 e. The number of aliphatic imine (C=N–C) groups is 1. The minimum atomic E-state index is -0.515. The maximum absolute atomic E-state index is 12.4. The number of esters is 1. The van der Waals surface area contributed by atoms with Crippen LogP contribution < -0.4 is 5.32 Å². The van der Waals surface area contributed by atoms with Gasteiger partial charge in [0.15, 0.2) is 0 Å². The topological polar surface area (TPSA) is 110 Å². The number of amides is 1. The molecule has 166 valence electrons. The SMILES string of the molecule is CCOC(=O)C1=C[C@H](OC(CC)CC)[C@H](NC(C)=O)[C@@H](N=Cc2ccc(CO)o2)C1. The molecule has 1 heterocycles. The molecule has 0 spiro atoms. The second kappa shape index (κ2) is 11.7. The van der Waals surface area contributed by atoms with Crippen LogP contribution in [-0.2, 0) is 25.7 Å². The summed E-state index contributed by atoms with van der Waals surface area (Å²) in [6.45, 7) is 7.34. The van der Waals surface area contributed by atoms with Crippen molar-refractivity contribution in [2.75, 3.05) is 6.61 Å². The second-order valence-electron chi connectivity index (χ2n) is 7.19. The molecule has 1 amide bonds. The number of hydrogen-bond donors (Lipinski definition) is 2. The standard InChI is InChI=1S/C22H32N2O6/c1-5-16(6-2)30-20-11-15(22(27)28-7-3)10-19(21(20)24-14(4)26)23-12-17-8-9-18(13-25)29-17/h8-9,11-12,16,19-21,25H,5-7,10,13H2,1-4H3,(H,24,26)/t19-,20-,21+/m0/s1. The molecular weight excluding hydrogens is 388 g/mol. The van der Waals surface area contributed by atoms with Crippen LogP contribution in [0.1, 0.15) is 58.5 Å². The van der Waals surface area contributed by atoms with E-state index in [9.17, 15) is 9.59 Å². The third-order valence-electron chi connectivity index (χ3n) is 4.96. The van der Waals surface area contributed by atoms with Crippen molar-refractivity contribution in [3.8, 4) is 0 Å². The number of ether oxygens (including phenoxy) is 2. The third-order valence-corrected chi connectivity index (χ3v) is 4.96. The van der Waals surface area contributed by atoms with Crippen LogP contribution in [0.25, 0.3) is 0 Å². The van der Waals surface area contributed by atoms with Crippen LogP contribution in [0.4, 0.5) is 0 Å². The summed E-state index contributed by atoms with van der Waals surface area (Å²) >= 11 is 0. The van der Waals surface area contributed by atoms with Crippen molar-refractivity contribution in [2.24, 2.45) is 4.99 Å². The molecule has 0 saturated carbocycles. The normalized spacial score (nSPS) is 21.7. The number of carbonyl (C=O) groups is 2. The van der Waals surface area contributed by atoms with Crippen LogP contribution in [0, 0.1) is 0 Å². The first-order chi connectivity index (χ1) is 14.4. The van der Waals surface area contributed by atoms with Gasteiger partial charge in [0, 0.05) is 18.9 Å². The van der Waals surface area contributed by atoms with E-state index in [1.807, 2.05) is 13.8 Å². The first kappa shape index (κ1) is 23.8. The van der Waals surface area contributed by atoms with E-state index in [0.29, 0.717) is 23.5 Å². The van der Waals surface area contributed by atoms with E-state index in [0.717, 1.165) is 12.8 Å². The molecule has 0 aromatic carbocycles. The molecule has 1 aliphatic carbocycles. The van der Waals surface area contributed by atoms with Crippen molar-refractivity contribution in [3.63, 3.8) is 0 Å². The van der Waals surface area contributed by atoms with E-state index in [1.54, 1.807) is 31.3 Å². The lowest BCUT2D eigenvalue weighted by Gasteiger charge is -2.36. The molecule has 8 nitrogen and oxygen atoms in total. The third kappa shape index (κ3) is 6.53. The van der Waals surface area contributed by atoms with Gasteiger partial charge in [-0.3, -0.25) is 9.79 Å². The smallest absolute Gasteiger partial charge is 0.333 e. The zero-order valence-corrected chi connectivity index (χ0v) is 18.1. The Morgan fingerprint density at radius 3 is 2.63 bits per heavy atom. The van der Waals surface area contributed by atoms with E-state index >= 15 is 0 Å². The van der Waals surface area contributed by atoms with Crippen LogP contribution in [0.5, 0.6) is 0 Å². The highest BCUT2D eigenvalue weighted by Gasteiger charge is 2.37. The summed E-state index contributed by atoms with van der Waals surface area (Å²) < 4.78 is 16.9. The van der Waals surface area contributed by atoms with Gasteiger partial charge in [0.1, 0.15) is 18.1 Å². The molecule has 0 fully saturated rings. The zero-order valence-electron chi connectivity index (χ0n) is 18.1. The highest BCUT2D eigenvalue weighted by Crippen LogP contribution is 2.27. The Balaban J connectivity index is 2.35. The molecule has 1 aromatic rings. The van der Waals surface area contributed by atoms with Crippen molar-refractivity contribution in [3.05, 3.63) is 35.3 Å². The molecule has 2 rings (SSSR count). The Morgan fingerprint density at radius 1 is 1.33 bits per heavy atom. The van der Waals surface area contributed by atoms with Gasteiger partial charge in [-0.1, -0.05) is 13.8 Å². The molecule has 0 bridgehead atoms. The van der Waals surface area contributed by atoms with Crippen molar-refractivity contribution >= 4 is 18.1 Å². The van der Waals surface area contributed by atoms with E-state index in [4.69, 9.17) is 19.0 Å². The van der Waals surface area contributed by atoms with E-state index in [-0.39, 0.29) is 25.2 Å². The summed E-state index contributed by atoms with van der Waals surface area (Å²) in [6, 6.07) is 2.48. The summed E-state index contributed by atoms with van der Waals surface area (Å²) in [5, 5.41) is 12.1. The van der Waals surface area contributed by atoms with E-state index < -0.39 is 24.2 Å². The lowest BCUT2D eigenvalue weighted by atomic mass is 9.87. The molecule has 3 atom stereocenters. The number of aliphatic hydroxyl groups excluding tert-OH is 1. The van der Waals surface area contributed by atoms with Gasteiger partial charge in [-0.2, -0.15) is 0 Å². The van der Waals surface area contributed by atoms with Gasteiger partial charge in [-0.05, 0) is 38.0 Å². The van der Waals surface area contributed by atoms with Gasteiger partial charge in [0.05, 0.1) is 37.1 Å². The first-order valence-corrected chi connectivity index (χ1v) is 10.4. The minimum absolute atomic E-state index is 0.00845. The molecule has 30 heavy (non-hydrogen) atoms. The summed E-state index contributed by atoms with van der Waals surface area (Å²) in [6.07, 6.45) is 4.70. The average Bonchev–Trinajstić information content (AvgIpc) is 3.19. The molecule has 2 N–H and O–H groups in total. The number of nitrogens with one attached hydrogen (secondary N) is 1. The lowest BCUT2D eigenvalue weighted by molar-refractivity contribution is -0.139. The fourth-order valence-corrected chi connectivity index (χ4v) is 3.42. The van der Waals surface area contributed by atoms with Crippen LogP contribution in [0.3, 0.4) is 0 Å². The van der Waals surface area contributed by atoms with Crippen LogP contribution >= 0.6 is 0 Å². The summed E-state index contributed by atoms with van der Waals surface area (Å²) in [4.78, 5) is 28.9. The first-order valence-electron chi connectivity index (χ1n) is 10.4. The highest BCUT2D eigenvalue weighted by atomic mass is 16.5. The number of hydrogen-bond acceptors (Lipinski definition) is 7. The maximum atomic E-state index is 12.4. The molecular formula is C22H32N2O6. The van der Waals surface area contributed by atoms with Gasteiger partial charge >= 0.3 is 5.97 Å². The summed E-state index contributed by atoms with van der Waals surface area (Å²) in [5.74, 6) is 0.301. The number of rotatable bonds is 10. The highest BCUT2D eigenvalue weighted by molar-refractivity contribution is 5.89. The number of aliphatic hydroxyl groups is 1. The van der Waals surface area contributed by atoms with Gasteiger partial charge in [0.2, 0.25) is 5.91 Å². The Labute approximate surface area is 177 Å². The van der Waals surface area contributed by atoms with Gasteiger partial charge in [-0.25, -0.2) is 4.79 Å². The Kier molecular flexibility index (Phi) is 9.26. The molecule has 1 aliphatic rings. The molecule has 0 unspecified atom stereocenters. The van der Waals surface area contributed by atoms with Crippen molar-refractivity contribution < 1.29 is 28.6 Å². The molecule has 0 saturated heterocycles. The Hall–Kier alpha value is -2.45. The minimum Gasteiger partial charge on any atom is -0.463 e. The van der Waals surface area contributed by atoms with Crippen molar-refractivity contribution in [1.82, 2.24) is 5.32 Å². The number of furan rings is 1. The molecule has 0 radical (unpaired) electrons. The zero-order chi connectivity index (χ0) is 22.1. The number of carbonyl (C=O) groups excluding carboxylic acids is 2. The van der Waals surface area contributed by atoms with E-state index in [2.05, 4.69) is 10.3 Å². The van der Waals surface area contributed by atoms with Crippen LogP contribution in [0.2, 0.25) is 0 Å².